The van der Waals surface area contributed by atoms with Gasteiger partial charge in [-0.3, -0.25) is 4.79 Å². The van der Waals surface area contributed by atoms with E-state index in [1.54, 1.807) is 32.4 Å². The maximum Gasteiger partial charge on any atom is 0.180 e. The summed E-state index contributed by atoms with van der Waals surface area (Å²) >= 11 is 0. The second-order valence-corrected chi connectivity index (χ2v) is 10.7. The highest BCUT2D eigenvalue weighted by atomic mass is 31.2. The van der Waals surface area contributed by atoms with E-state index in [0.717, 1.165) is 24.8 Å². The number of unbranched alkanes of at least 4 members (excludes halogenated alkanes) is 1. The molecule has 0 N–H and O–H groups in total. The largest absolute Gasteiger partial charge is 0.496 e. The molecule has 0 heterocycles. The Hall–Kier alpha value is -2.06. The van der Waals surface area contributed by atoms with Crippen LogP contribution in [0.3, 0.4) is 0 Å². The Labute approximate surface area is 175 Å². The van der Waals surface area contributed by atoms with Gasteiger partial charge in [0.2, 0.25) is 0 Å². The lowest BCUT2D eigenvalue weighted by Crippen LogP contribution is -2.25. The summed E-state index contributed by atoms with van der Waals surface area (Å²) in [5.74, 6) is 0.811. The summed E-state index contributed by atoms with van der Waals surface area (Å²) in [7, 11) is 0.258. The van der Waals surface area contributed by atoms with Crippen LogP contribution in [0.1, 0.15) is 55.5 Å². The van der Waals surface area contributed by atoms with E-state index in [2.05, 4.69) is 6.92 Å². The van der Waals surface area contributed by atoms with E-state index in [0.29, 0.717) is 35.8 Å². The van der Waals surface area contributed by atoms with Crippen molar-refractivity contribution in [1.29, 1.82) is 0 Å². The monoisotopic (exact) mass is 416 g/mol. The van der Waals surface area contributed by atoms with Gasteiger partial charge in [0.1, 0.15) is 24.2 Å². The molecule has 0 bridgehead atoms. The van der Waals surface area contributed by atoms with Crippen LogP contribution >= 0.6 is 7.14 Å². The Balaban J connectivity index is 2.52. The Morgan fingerprint density at radius 1 is 0.931 bits per heavy atom. The maximum absolute atomic E-state index is 14.3. The molecule has 2 atom stereocenters. The van der Waals surface area contributed by atoms with Crippen LogP contribution < -0.4 is 9.47 Å². The molecule has 0 aliphatic rings. The van der Waals surface area contributed by atoms with Crippen LogP contribution in [-0.4, -0.2) is 31.8 Å². The minimum atomic E-state index is -2.83. The predicted molar refractivity (Wildman–Crippen MR) is 120 cm³/mol. The lowest BCUT2D eigenvalue weighted by atomic mass is 10.0. The van der Waals surface area contributed by atoms with Gasteiger partial charge in [-0.05, 0) is 30.5 Å². The van der Waals surface area contributed by atoms with E-state index in [-0.39, 0.29) is 5.78 Å². The predicted octanol–water partition coefficient (Wildman–Crippen LogP) is 6.42. The highest BCUT2D eigenvalue weighted by molar-refractivity contribution is 7.64. The van der Waals surface area contributed by atoms with Crippen molar-refractivity contribution in [3.63, 3.8) is 0 Å². The molecule has 0 aliphatic heterocycles. The van der Waals surface area contributed by atoms with E-state index in [1.165, 1.54) is 0 Å². The Bertz CT molecular complexity index is 810. The van der Waals surface area contributed by atoms with Gasteiger partial charge in [-0.25, -0.2) is 0 Å². The number of rotatable bonds is 12. The second-order valence-electron chi connectivity index (χ2n) is 7.38. The lowest BCUT2D eigenvalue weighted by molar-refractivity contribution is 0.0976. The third-order valence-corrected chi connectivity index (χ3v) is 8.89. The fraction of sp³-hybridized carbons (Fsp3) is 0.458. The van der Waals surface area contributed by atoms with Crippen LogP contribution in [0.4, 0.5) is 0 Å². The molecule has 0 saturated carbocycles. The number of ketones is 1. The van der Waals surface area contributed by atoms with Gasteiger partial charge in [0, 0.05) is 12.3 Å². The van der Waals surface area contributed by atoms with E-state index in [4.69, 9.17) is 9.47 Å². The number of ether oxygens (including phenoxy) is 2. The Kier molecular flexibility index (Phi) is 8.98. The third-order valence-electron chi connectivity index (χ3n) is 5.29. The van der Waals surface area contributed by atoms with Crippen molar-refractivity contribution in [2.45, 2.75) is 51.4 Å². The average Bonchev–Trinajstić information content (AvgIpc) is 2.75. The molecule has 0 radical (unpaired) electrons. The Morgan fingerprint density at radius 3 is 2.07 bits per heavy atom. The van der Waals surface area contributed by atoms with Gasteiger partial charge in [-0.2, -0.15) is 0 Å². The molecule has 0 spiro atoms. The van der Waals surface area contributed by atoms with Gasteiger partial charge >= 0.3 is 0 Å². The van der Waals surface area contributed by atoms with Crippen molar-refractivity contribution in [1.82, 2.24) is 0 Å². The molecule has 5 heteroatoms. The average molecular weight is 416 g/mol. The zero-order valence-electron chi connectivity index (χ0n) is 18.0. The fourth-order valence-corrected chi connectivity index (χ4v) is 7.43. The molecule has 2 aromatic rings. The van der Waals surface area contributed by atoms with Gasteiger partial charge in [0.05, 0.1) is 19.9 Å². The first-order valence-corrected chi connectivity index (χ1v) is 12.5. The third kappa shape index (κ3) is 5.73. The van der Waals surface area contributed by atoms with Gasteiger partial charge in [-0.1, -0.05) is 63.1 Å². The topological polar surface area (TPSA) is 52.6 Å². The maximum atomic E-state index is 14.3. The van der Waals surface area contributed by atoms with E-state index in [1.807, 2.05) is 37.3 Å². The lowest BCUT2D eigenvalue weighted by Gasteiger charge is -2.28. The van der Waals surface area contributed by atoms with Crippen LogP contribution in [0, 0.1) is 0 Å². The summed E-state index contributed by atoms with van der Waals surface area (Å²) in [4.78, 5) is 13.8. The highest BCUT2D eigenvalue weighted by Crippen LogP contribution is 2.57. The molecule has 0 aromatic heterocycles. The fourth-order valence-electron chi connectivity index (χ4n) is 3.78. The summed E-state index contributed by atoms with van der Waals surface area (Å²) in [6, 6.07) is 15.2. The second kappa shape index (κ2) is 11.2. The van der Waals surface area contributed by atoms with E-state index in [9.17, 15) is 9.36 Å². The molecule has 0 fully saturated rings. The molecular weight excluding hydrogens is 383 g/mol. The molecule has 2 rings (SSSR count). The van der Waals surface area contributed by atoms with Crippen molar-refractivity contribution in [3.8, 4) is 11.5 Å². The zero-order valence-corrected chi connectivity index (χ0v) is 18.9. The Morgan fingerprint density at radius 2 is 1.55 bits per heavy atom. The molecule has 0 aliphatic carbocycles. The normalized spacial score (nSPS) is 14.1. The van der Waals surface area contributed by atoms with Crippen LogP contribution in [0.5, 0.6) is 11.5 Å². The number of hydrogen-bond donors (Lipinski definition) is 0. The molecule has 0 amide bonds. The zero-order chi connectivity index (χ0) is 21.3. The first-order valence-electron chi connectivity index (χ1n) is 10.4. The highest BCUT2D eigenvalue weighted by Gasteiger charge is 2.39. The van der Waals surface area contributed by atoms with Crippen molar-refractivity contribution in [3.05, 3.63) is 59.7 Å². The van der Waals surface area contributed by atoms with E-state index < -0.39 is 12.8 Å². The van der Waals surface area contributed by atoms with Crippen LogP contribution in [0.2, 0.25) is 0 Å². The van der Waals surface area contributed by atoms with Crippen LogP contribution in [0.25, 0.3) is 0 Å². The summed E-state index contributed by atoms with van der Waals surface area (Å²) in [6.07, 6.45) is 4.20. The van der Waals surface area contributed by atoms with E-state index >= 15 is 0 Å². The molecular formula is C24H33O4P. The first-order chi connectivity index (χ1) is 14.0. The standard InChI is InChI=1S/C24H33O4P/c1-5-7-17-29(26,18-19-13-9-8-10-14-19)22(12-6-2)24(25)23-20(27-3)15-11-16-21(23)28-4/h8-11,13-16,22H,5-7,12,17-18H2,1-4H3. The van der Waals surface area contributed by atoms with Crippen LogP contribution in [-0.2, 0) is 10.7 Å². The molecule has 2 aromatic carbocycles. The van der Waals surface area contributed by atoms with Gasteiger partial charge in [0.15, 0.2) is 5.78 Å². The van der Waals surface area contributed by atoms with Gasteiger partial charge < -0.3 is 14.0 Å². The van der Waals surface area contributed by atoms with Crippen molar-refractivity contribution < 1.29 is 18.8 Å². The molecule has 0 saturated heterocycles. The van der Waals surface area contributed by atoms with Gasteiger partial charge in [0.25, 0.3) is 0 Å². The number of benzene rings is 2. The number of carbonyl (C=O) groups excluding carboxylic acids is 1. The molecule has 29 heavy (non-hydrogen) atoms. The van der Waals surface area contributed by atoms with Crippen molar-refractivity contribution in [2.75, 3.05) is 20.4 Å². The number of Topliss-reactive ketones (excluding diaryl/α,β-unsaturated/α-hetero) is 1. The summed E-state index contributed by atoms with van der Waals surface area (Å²) in [5, 5.41) is 0. The minimum Gasteiger partial charge on any atom is -0.496 e. The number of methoxy groups -OCH3 is 2. The SMILES string of the molecule is CCCCP(=O)(Cc1ccccc1)C(CCC)C(=O)c1c(OC)cccc1OC. The quantitative estimate of drug-likeness (QED) is 0.296. The summed E-state index contributed by atoms with van der Waals surface area (Å²) in [6.45, 7) is 4.12. The molecule has 158 valence electrons. The van der Waals surface area contributed by atoms with Crippen molar-refractivity contribution >= 4 is 12.9 Å². The molecule has 2 unspecified atom stereocenters. The summed E-state index contributed by atoms with van der Waals surface area (Å²) in [5.41, 5.74) is 0.887. The molecule has 4 nitrogen and oxygen atoms in total. The van der Waals surface area contributed by atoms with Crippen LogP contribution in [0.15, 0.2) is 48.5 Å². The van der Waals surface area contributed by atoms with Gasteiger partial charge in [-0.15, -0.1) is 0 Å². The number of carbonyl (C=O) groups is 1. The minimum absolute atomic E-state index is 0.128. The van der Waals surface area contributed by atoms with Crippen molar-refractivity contribution in [2.24, 2.45) is 0 Å². The smallest absolute Gasteiger partial charge is 0.180 e. The first kappa shape index (κ1) is 23.2. The number of hydrogen-bond acceptors (Lipinski definition) is 4. The summed E-state index contributed by atoms with van der Waals surface area (Å²) < 4.78 is 25.3.